The Morgan fingerprint density at radius 2 is 1.56 bits per heavy atom. The standard InChI is InChI=1S/C28H40N2O2SSi/c1-20(2)34(21(3)4,22(5)6)30-19-23(17-18-29(7)8)27-25(30)15-12-16-26(27)32-28(31)33-24-13-10-9-11-14-24/h9-16,19-22H,17-18H2,1-8H3. The van der Waals surface area contributed by atoms with Gasteiger partial charge < -0.3 is 13.9 Å². The van der Waals surface area contributed by atoms with Crippen molar-refractivity contribution in [2.45, 2.75) is 69.5 Å². The second-order valence-electron chi connectivity index (χ2n) is 10.3. The van der Waals surface area contributed by atoms with E-state index in [2.05, 4.69) is 77.0 Å². The van der Waals surface area contributed by atoms with E-state index in [9.17, 15) is 4.79 Å². The predicted molar refractivity (Wildman–Crippen MR) is 149 cm³/mol. The van der Waals surface area contributed by atoms with Gasteiger partial charge in [0.05, 0.1) is 0 Å². The Labute approximate surface area is 210 Å². The molecule has 0 aliphatic rings. The van der Waals surface area contributed by atoms with Gasteiger partial charge in [0.15, 0.2) is 8.24 Å². The van der Waals surface area contributed by atoms with E-state index < -0.39 is 8.24 Å². The van der Waals surface area contributed by atoms with Crippen molar-refractivity contribution in [3.8, 4) is 5.75 Å². The van der Waals surface area contributed by atoms with E-state index in [0.717, 1.165) is 35.0 Å². The third kappa shape index (κ3) is 5.29. The predicted octanol–water partition coefficient (Wildman–Crippen LogP) is 8.06. The highest BCUT2D eigenvalue weighted by molar-refractivity contribution is 8.13. The molecule has 0 atom stereocenters. The first-order valence-electron chi connectivity index (χ1n) is 12.3. The Balaban J connectivity index is 2.15. The van der Waals surface area contributed by atoms with Crippen LogP contribution in [0.25, 0.3) is 10.9 Å². The molecular formula is C28H40N2O2SSi. The van der Waals surface area contributed by atoms with Crippen molar-refractivity contribution in [1.29, 1.82) is 0 Å². The van der Waals surface area contributed by atoms with Gasteiger partial charge in [-0.15, -0.1) is 0 Å². The SMILES string of the molecule is CC(C)[Si](C(C)C)(C(C)C)n1cc(CCN(C)C)c2c(OC(=O)Sc3ccccc3)cccc21. The second kappa shape index (κ2) is 11.1. The summed E-state index contributed by atoms with van der Waals surface area (Å²) in [7, 11) is 2.24. The second-order valence-corrected chi connectivity index (χ2v) is 17.1. The zero-order valence-corrected chi connectivity index (χ0v) is 23.8. The van der Waals surface area contributed by atoms with Crippen molar-refractivity contribution in [3.63, 3.8) is 0 Å². The van der Waals surface area contributed by atoms with Gasteiger partial charge in [0.2, 0.25) is 0 Å². The van der Waals surface area contributed by atoms with Gasteiger partial charge in [0, 0.05) is 22.3 Å². The molecule has 0 amide bonds. The summed E-state index contributed by atoms with van der Waals surface area (Å²) >= 11 is 1.13. The molecule has 6 heteroatoms. The number of aromatic nitrogens is 1. The molecule has 0 saturated carbocycles. The number of nitrogens with zero attached hydrogens (tertiary/aromatic N) is 2. The van der Waals surface area contributed by atoms with Gasteiger partial charge in [-0.1, -0.05) is 65.8 Å². The minimum atomic E-state index is -1.97. The first kappa shape index (κ1) is 26.6. The Bertz CT molecular complexity index is 1080. The van der Waals surface area contributed by atoms with Crippen molar-refractivity contribution >= 4 is 36.2 Å². The molecule has 1 aromatic heterocycles. The summed E-state index contributed by atoms with van der Waals surface area (Å²) < 4.78 is 8.63. The van der Waals surface area contributed by atoms with Gasteiger partial charge >= 0.3 is 5.30 Å². The molecule has 0 saturated heterocycles. The molecule has 0 bridgehead atoms. The number of carbonyl (C=O) groups is 1. The van der Waals surface area contributed by atoms with Gasteiger partial charge in [-0.2, -0.15) is 0 Å². The zero-order chi connectivity index (χ0) is 25.0. The minimum absolute atomic E-state index is 0.301. The molecule has 1 heterocycles. The van der Waals surface area contributed by atoms with E-state index in [1.165, 1.54) is 11.1 Å². The molecule has 3 aromatic rings. The number of carbonyl (C=O) groups excluding carboxylic acids is 1. The number of benzene rings is 2. The maximum absolute atomic E-state index is 12.9. The molecule has 3 rings (SSSR count). The smallest absolute Gasteiger partial charge is 0.377 e. The van der Waals surface area contributed by atoms with Crippen molar-refractivity contribution in [1.82, 2.24) is 9.13 Å². The number of rotatable bonds is 9. The first-order valence-corrected chi connectivity index (χ1v) is 15.3. The summed E-state index contributed by atoms with van der Waals surface area (Å²) in [5, 5.41) is 0.787. The van der Waals surface area contributed by atoms with Crippen molar-refractivity contribution in [2.24, 2.45) is 0 Å². The fourth-order valence-electron chi connectivity index (χ4n) is 5.80. The highest BCUT2D eigenvalue weighted by Gasteiger charge is 2.46. The number of likely N-dealkylation sites (N-methyl/N-ethyl adjacent to an activating group) is 1. The topological polar surface area (TPSA) is 34.5 Å². The molecule has 0 fully saturated rings. The number of thioether (sulfide) groups is 1. The van der Waals surface area contributed by atoms with Crippen LogP contribution in [0, 0.1) is 0 Å². The number of hydrogen-bond donors (Lipinski definition) is 0. The van der Waals surface area contributed by atoms with E-state index in [-0.39, 0.29) is 5.30 Å². The summed E-state index contributed by atoms with van der Waals surface area (Å²) in [4.78, 5) is 16.0. The zero-order valence-electron chi connectivity index (χ0n) is 22.0. The molecule has 2 aromatic carbocycles. The van der Waals surface area contributed by atoms with Crippen molar-refractivity contribution < 1.29 is 9.53 Å². The van der Waals surface area contributed by atoms with Gasteiger partial charge in [-0.3, -0.25) is 0 Å². The molecular weight excluding hydrogens is 456 g/mol. The van der Waals surface area contributed by atoms with Crippen LogP contribution in [-0.2, 0) is 6.42 Å². The lowest BCUT2D eigenvalue weighted by molar-refractivity contribution is 0.227. The molecule has 184 valence electrons. The number of ether oxygens (including phenoxy) is 1. The van der Waals surface area contributed by atoms with Crippen LogP contribution in [0.5, 0.6) is 5.75 Å². The summed E-state index contributed by atoms with van der Waals surface area (Å²) in [5.41, 5.74) is 4.18. The third-order valence-corrected chi connectivity index (χ3v) is 14.5. The van der Waals surface area contributed by atoms with Gasteiger partial charge in [0.1, 0.15) is 5.75 Å². The molecule has 0 N–H and O–H groups in total. The highest BCUT2D eigenvalue weighted by Crippen LogP contribution is 2.46. The van der Waals surface area contributed by atoms with E-state index in [1.54, 1.807) is 0 Å². The Kier molecular flexibility index (Phi) is 8.71. The van der Waals surface area contributed by atoms with Crippen molar-refractivity contribution in [3.05, 3.63) is 60.3 Å². The fraction of sp³-hybridized carbons (Fsp3) is 0.464. The summed E-state index contributed by atoms with van der Waals surface area (Å²) in [6.45, 7) is 15.3. The Morgan fingerprint density at radius 3 is 2.12 bits per heavy atom. The summed E-state index contributed by atoms with van der Waals surface area (Å²) in [5.74, 6) is 0.664. The Hall–Kier alpha value is -2.02. The lowest BCUT2D eigenvalue weighted by Gasteiger charge is -2.44. The monoisotopic (exact) mass is 496 g/mol. The average molecular weight is 497 g/mol. The minimum Gasteiger partial charge on any atom is -0.417 e. The van der Waals surface area contributed by atoms with E-state index in [0.29, 0.717) is 22.4 Å². The van der Waals surface area contributed by atoms with Gasteiger partial charge in [0.25, 0.3) is 0 Å². The summed E-state index contributed by atoms with van der Waals surface area (Å²) in [6.07, 6.45) is 3.30. The van der Waals surface area contributed by atoms with Crippen LogP contribution in [0.4, 0.5) is 4.79 Å². The molecule has 0 unspecified atom stereocenters. The molecule has 0 aliphatic heterocycles. The molecule has 0 aliphatic carbocycles. The van der Waals surface area contributed by atoms with E-state index >= 15 is 0 Å². The maximum atomic E-state index is 12.9. The van der Waals surface area contributed by atoms with Crippen LogP contribution in [0.15, 0.2) is 59.6 Å². The van der Waals surface area contributed by atoms with Crippen LogP contribution in [0.2, 0.25) is 16.6 Å². The van der Waals surface area contributed by atoms with E-state index in [1.807, 2.05) is 42.5 Å². The van der Waals surface area contributed by atoms with Gasteiger partial charge in [-0.05, 0) is 84.9 Å². The van der Waals surface area contributed by atoms with Gasteiger partial charge in [-0.25, -0.2) is 4.79 Å². The third-order valence-electron chi connectivity index (χ3n) is 7.03. The molecule has 0 spiro atoms. The highest BCUT2D eigenvalue weighted by atomic mass is 32.2. The van der Waals surface area contributed by atoms with Crippen molar-refractivity contribution in [2.75, 3.05) is 20.6 Å². The quantitative estimate of drug-likeness (QED) is 0.170. The molecule has 4 nitrogen and oxygen atoms in total. The van der Waals surface area contributed by atoms with Crippen LogP contribution in [-0.4, -0.2) is 43.3 Å². The van der Waals surface area contributed by atoms with Crippen LogP contribution < -0.4 is 4.74 Å². The van der Waals surface area contributed by atoms with Crippen LogP contribution in [0.1, 0.15) is 47.1 Å². The summed E-state index contributed by atoms with van der Waals surface area (Å²) in [6, 6.07) is 15.9. The molecule has 34 heavy (non-hydrogen) atoms. The fourth-order valence-corrected chi connectivity index (χ4v) is 13.1. The normalized spacial score (nSPS) is 12.5. The maximum Gasteiger partial charge on any atom is 0.377 e. The van der Waals surface area contributed by atoms with Crippen LogP contribution in [0.3, 0.4) is 0 Å². The first-order chi connectivity index (χ1) is 16.1. The number of hydrogen-bond acceptors (Lipinski definition) is 4. The lowest BCUT2D eigenvalue weighted by Crippen LogP contribution is -2.51. The average Bonchev–Trinajstić information content (AvgIpc) is 3.12. The molecule has 0 radical (unpaired) electrons. The lowest BCUT2D eigenvalue weighted by atomic mass is 10.1. The van der Waals surface area contributed by atoms with Crippen LogP contribution >= 0.6 is 11.8 Å². The van der Waals surface area contributed by atoms with E-state index in [4.69, 9.17) is 4.74 Å². The Morgan fingerprint density at radius 1 is 0.941 bits per heavy atom. The number of fused-ring (bicyclic) bond motifs is 1. The largest absolute Gasteiger partial charge is 0.417 e.